The molecule has 0 bridgehead atoms. The van der Waals surface area contributed by atoms with Crippen molar-refractivity contribution in [2.45, 2.75) is 25.3 Å². The molecule has 6 rings (SSSR count). The number of hydrogen-bond acceptors (Lipinski definition) is 4. The molecule has 6 nitrogen and oxygen atoms in total. The Balaban J connectivity index is 1.10. The highest BCUT2D eigenvalue weighted by Crippen LogP contribution is 2.36. The smallest absolute Gasteiger partial charge is 0.249 e. The molecule has 0 aliphatic rings. The summed E-state index contributed by atoms with van der Waals surface area (Å²) in [5, 5.41) is 23.5. The van der Waals surface area contributed by atoms with E-state index in [0.29, 0.717) is 12.1 Å². The van der Waals surface area contributed by atoms with Crippen molar-refractivity contribution in [2.75, 3.05) is 11.9 Å². The number of hydrogen-bond donors (Lipinski definition) is 3. The maximum Gasteiger partial charge on any atom is 0.249 e. The molecule has 0 saturated heterocycles. The van der Waals surface area contributed by atoms with Crippen LogP contribution in [0.25, 0.3) is 43.2 Å². The monoisotopic (exact) mass is 501 g/mol. The van der Waals surface area contributed by atoms with E-state index in [0.717, 1.165) is 17.3 Å². The number of aromatic nitrogens is 1. The summed E-state index contributed by atoms with van der Waals surface area (Å²) < 4.78 is 0. The molecule has 0 aliphatic carbocycles. The lowest BCUT2D eigenvalue weighted by molar-refractivity contribution is -0.127. The Bertz CT molecular complexity index is 1780. The van der Waals surface area contributed by atoms with Crippen molar-refractivity contribution in [3.8, 4) is 0 Å². The van der Waals surface area contributed by atoms with Crippen LogP contribution in [0.4, 0.5) is 5.69 Å². The Morgan fingerprint density at radius 3 is 2.37 bits per heavy atom. The topological polar surface area (TPSA) is 91.3 Å². The van der Waals surface area contributed by atoms with Gasteiger partial charge in [-0.3, -0.25) is 14.6 Å². The highest BCUT2D eigenvalue weighted by atomic mass is 16.3. The molecule has 0 spiro atoms. The summed E-state index contributed by atoms with van der Waals surface area (Å²) in [5.41, 5.74) is 2.60. The molecule has 1 heterocycles. The maximum absolute atomic E-state index is 12.7. The van der Waals surface area contributed by atoms with Crippen LogP contribution in [-0.2, 0) is 16.0 Å². The van der Waals surface area contributed by atoms with Crippen molar-refractivity contribution < 1.29 is 14.7 Å². The molecule has 0 unspecified atom stereocenters. The Labute approximate surface area is 219 Å². The predicted octanol–water partition coefficient (Wildman–Crippen LogP) is 5.57. The minimum Gasteiger partial charge on any atom is -0.394 e. The van der Waals surface area contributed by atoms with Gasteiger partial charge in [0.05, 0.1) is 12.1 Å². The molecule has 0 aliphatic heterocycles. The number of rotatable bonds is 8. The van der Waals surface area contributed by atoms with E-state index in [9.17, 15) is 14.7 Å². The normalized spacial score (nSPS) is 12.3. The van der Waals surface area contributed by atoms with Gasteiger partial charge in [0.1, 0.15) is 6.04 Å². The summed E-state index contributed by atoms with van der Waals surface area (Å²) in [6, 6.07) is 27.4. The highest BCUT2D eigenvalue weighted by molar-refractivity contribution is 6.23. The van der Waals surface area contributed by atoms with E-state index in [-0.39, 0.29) is 12.3 Å². The lowest BCUT2D eigenvalue weighted by Crippen LogP contribution is -2.46. The Hall–Kier alpha value is -4.55. The molecule has 38 heavy (non-hydrogen) atoms. The maximum atomic E-state index is 12.7. The predicted molar refractivity (Wildman–Crippen MR) is 152 cm³/mol. The first-order valence-corrected chi connectivity index (χ1v) is 12.8. The van der Waals surface area contributed by atoms with Crippen LogP contribution in [0, 0.1) is 0 Å². The number of aryl methyl sites for hydroxylation is 1. The van der Waals surface area contributed by atoms with E-state index in [2.05, 4.69) is 70.2 Å². The van der Waals surface area contributed by atoms with Gasteiger partial charge in [-0.2, -0.15) is 0 Å². The van der Waals surface area contributed by atoms with Crippen LogP contribution >= 0.6 is 0 Å². The molecule has 6 aromatic rings. The third kappa shape index (κ3) is 4.51. The second-order valence-electron chi connectivity index (χ2n) is 9.64. The zero-order valence-electron chi connectivity index (χ0n) is 20.8. The van der Waals surface area contributed by atoms with Gasteiger partial charge in [-0.1, -0.05) is 60.7 Å². The van der Waals surface area contributed by atoms with Crippen molar-refractivity contribution in [2.24, 2.45) is 0 Å². The molecule has 6 heteroatoms. The van der Waals surface area contributed by atoms with E-state index in [1.165, 1.54) is 37.9 Å². The van der Waals surface area contributed by atoms with E-state index >= 15 is 0 Å². The molecule has 0 fully saturated rings. The van der Waals surface area contributed by atoms with Crippen LogP contribution in [0.5, 0.6) is 0 Å². The van der Waals surface area contributed by atoms with Gasteiger partial charge >= 0.3 is 0 Å². The van der Waals surface area contributed by atoms with Crippen molar-refractivity contribution >= 4 is 60.7 Å². The summed E-state index contributed by atoms with van der Waals surface area (Å²) in [4.78, 5) is 29.7. The van der Waals surface area contributed by atoms with Gasteiger partial charge in [0.15, 0.2) is 0 Å². The van der Waals surface area contributed by atoms with Crippen LogP contribution in [0.2, 0.25) is 0 Å². The molecule has 5 aromatic carbocycles. The first-order valence-electron chi connectivity index (χ1n) is 12.8. The van der Waals surface area contributed by atoms with Gasteiger partial charge in [0, 0.05) is 23.7 Å². The van der Waals surface area contributed by atoms with Crippen LogP contribution in [0.1, 0.15) is 18.4 Å². The van der Waals surface area contributed by atoms with Gasteiger partial charge in [-0.25, -0.2) is 0 Å². The number of nitrogens with zero attached hydrogens (tertiary/aromatic N) is 1. The molecular weight excluding hydrogens is 474 g/mol. The fourth-order valence-corrected chi connectivity index (χ4v) is 5.30. The molecule has 188 valence electrons. The van der Waals surface area contributed by atoms with Crippen molar-refractivity contribution in [1.82, 2.24) is 10.3 Å². The average molecular weight is 502 g/mol. The third-order valence-corrected chi connectivity index (χ3v) is 7.17. The van der Waals surface area contributed by atoms with Crippen LogP contribution in [-0.4, -0.2) is 34.6 Å². The van der Waals surface area contributed by atoms with Gasteiger partial charge in [-0.15, -0.1) is 0 Å². The quantitative estimate of drug-likeness (QED) is 0.238. The first kappa shape index (κ1) is 23.8. The Morgan fingerprint density at radius 1 is 0.816 bits per heavy atom. The lowest BCUT2D eigenvalue weighted by atomic mass is 9.90. The Kier molecular flexibility index (Phi) is 6.32. The number of aliphatic hydroxyl groups excluding tert-OH is 1. The zero-order chi connectivity index (χ0) is 26.1. The number of anilines is 1. The standard InChI is InChI=1S/C32H27N3O3/c36-19-28(32(38)34-25-14-16-27-24(18-25)7-3-17-33-27)35-29(37)8-2-4-20-9-10-23-12-11-21-5-1-6-22-13-15-26(20)31(23)30(21)22/h1,3,5-7,9-18,28,36H,2,4,8,19H2,(H,34,38)(H,35,37)/t28-/m0/s1. The second kappa shape index (κ2) is 10.1. The minimum absolute atomic E-state index is 0.257. The molecular formula is C32H27N3O3. The van der Waals surface area contributed by atoms with E-state index in [1.807, 2.05) is 24.3 Å². The molecule has 1 atom stereocenters. The number of nitrogens with one attached hydrogen (secondary N) is 2. The number of pyridine rings is 1. The summed E-state index contributed by atoms with van der Waals surface area (Å²) in [6.45, 7) is -0.484. The molecule has 3 N–H and O–H groups in total. The fraction of sp³-hybridized carbons (Fsp3) is 0.156. The van der Waals surface area contributed by atoms with E-state index in [4.69, 9.17) is 0 Å². The molecule has 0 saturated carbocycles. The van der Waals surface area contributed by atoms with Crippen molar-refractivity contribution in [1.29, 1.82) is 0 Å². The summed E-state index contributed by atoms with van der Waals surface area (Å²) in [7, 11) is 0. The SMILES string of the molecule is O=C(CCCc1ccc2ccc3cccc4ccc1c2c34)N[C@@H](CO)C(=O)Nc1ccc2ncccc2c1. The number of amides is 2. The largest absolute Gasteiger partial charge is 0.394 e. The summed E-state index contributed by atoms with van der Waals surface area (Å²) in [5.74, 6) is -0.726. The van der Waals surface area contributed by atoms with E-state index in [1.54, 1.807) is 12.3 Å². The van der Waals surface area contributed by atoms with Gasteiger partial charge in [-0.05, 0) is 75.0 Å². The number of benzene rings is 5. The molecule has 2 amide bonds. The van der Waals surface area contributed by atoms with Crippen molar-refractivity contribution in [3.63, 3.8) is 0 Å². The first-order chi connectivity index (χ1) is 18.6. The molecule has 1 aromatic heterocycles. The van der Waals surface area contributed by atoms with Crippen LogP contribution in [0.15, 0.2) is 91.1 Å². The van der Waals surface area contributed by atoms with Gasteiger partial charge in [0.25, 0.3) is 0 Å². The molecule has 0 radical (unpaired) electrons. The lowest BCUT2D eigenvalue weighted by Gasteiger charge is -2.17. The average Bonchev–Trinajstić information content (AvgIpc) is 2.95. The van der Waals surface area contributed by atoms with Gasteiger partial charge in [0.2, 0.25) is 11.8 Å². The number of aliphatic hydroxyl groups is 1. The number of fused-ring (bicyclic) bond motifs is 1. The van der Waals surface area contributed by atoms with Crippen molar-refractivity contribution in [3.05, 3.63) is 96.7 Å². The fourth-order valence-electron chi connectivity index (χ4n) is 5.30. The summed E-state index contributed by atoms with van der Waals surface area (Å²) in [6.07, 6.45) is 3.34. The van der Waals surface area contributed by atoms with Crippen LogP contribution < -0.4 is 10.6 Å². The van der Waals surface area contributed by atoms with Crippen LogP contribution in [0.3, 0.4) is 0 Å². The minimum atomic E-state index is -1.03. The number of carbonyl (C=O) groups excluding carboxylic acids is 2. The summed E-state index contributed by atoms with van der Waals surface area (Å²) >= 11 is 0. The number of carbonyl (C=O) groups is 2. The Morgan fingerprint density at radius 2 is 1.55 bits per heavy atom. The van der Waals surface area contributed by atoms with E-state index < -0.39 is 18.6 Å². The highest BCUT2D eigenvalue weighted by Gasteiger charge is 2.20. The zero-order valence-corrected chi connectivity index (χ0v) is 20.8. The second-order valence-corrected chi connectivity index (χ2v) is 9.64. The van der Waals surface area contributed by atoms with Gasteiger partial charge < -0.3 is 15.7 Å². The third-order valence-electron chi connectivity index (χ3n) is 7.17.